The number of carbonyl (C=O) groups excluding carboxylic acids is 3. The Morgan fingerprint density at radius 3 is 2.18 bits per heavy atom. The van der Waals surface area contributed by atoms with Crippen LogP contribution in [0.15, 0.2) is 42.5 Å². The third kappa shape index (κ3) is 2.98. The molecule has 2 aliphatic rings. The Kier molecular flexibility index (Phi) is 4.50. The average Bonchev–Trinajstić information content (AvgIpc) is 2.93. The fourth-order valence-corrected chi connectivity index (χ4v) is 3.52. The molecule has 2 aliphatic heterocycles. The highest BCUT2D eigenvalue weighted by molar-refractivity contribution is 6.23. The second-order valence-electron chi connectivity index (χ2n) is 7.06. The third-order valence-corrected chi connectivity index (χ3v) is 4.81. The number of anilines is 1. The van der Waals surface area contributed by atoms with Gasteiger partial charge in [0, 0.05) is 11.8 Å². The van der Waals surface area contributed by atoms with E-state index in [4.69, 9.17) is 9.47 Å². The maximum atomic E-state index is 13.0. The Balaban J connectivity index is 1.60. The molecule has 0 fully saturated rings. The molecule has 0 bridgehead atoms. The van der Waals surface area contributed by atoms with E-state index in [9.17, 15) is 14.4 Å². The molecule has 2 heterocycles. The van der Waals surface area contributed by atoms with Crippen molar-refractivity contribution < 1.29 is 23.9 Å². The molecule has 7 nitrogen and oxygen atoms in total. The van der Waals surface area contributed by atoms with Gasteiger partial charge in [0.05, 0.1) is 11.1 Å². The first-order valence-corrected chi connectivity index (χ1v) is 9.15. The van der Waals surface area contributed by atoms with Gasteiger partial charge >= 0.3 is 0 Å². The van der Waals surface area contributed by atoms with E-state index in [1.54, 1.807) is 56.3 Å². The van der Waals surface area contributed by atoms with E-state index in [2.05, 4.69) is 5.32 Å². The van der Waals surface area contributed by atoms with E-state index in [-0.39, 0.29) is 5.92 Å². The van der Waals surface area contributed by atoms with Crippen LogP contribution in [0.1, 0.15) is 34.6 Å². The molecule has 0 saturated carbocycles. The first kappa shape index (κ1) is 18.0. The number of hydrogen-bond acceptors (Lipinski definition) is 5. The molecule has 0 radical (unpaired) electrons. The Labute approximate surface area is 162 Å². The van der Waals surface area contributed by atoms with E-state index < -0.39 is 23.8 Å². The van der Waals surface area contributed by atoms with Crippen LogP contribution in [0.5, 0.6) is 11.5 Å². The van der Waals surface area contributed by atoms with Crippen molar-refractivity contribution in [2.45, 2.75) is 19.9 Å². The largest absolute Gasteiger partial charge is 0.486 e. The van der Waals surface area contributed by atoms with Gasteiger partial charge in [-0.15, -0.1) is 0 Å². The van der Waals surface area contributed by atoms with Crippen LogP contribution in [0.25, 0.3) is 0 Å². The van der Waals surface area contributed by atoms with Gasteiger partial charge in [0.2, 0.25) is 5.91 Å². The number of ether oxygens (including phenoxy) is 2. The number of hydrogen-bond donors (Lipinski definition) is 1. The van der Waals surface area contributed by atoms with Gasteiger partial charge in [-0.1, -0.05) is 26.0 Å². The van der Waals surface area contributed by atoms with Crippen molar-refractivity contribution >= 4 is 23.4 Å². The van der Waals surface area contributed by atoms with Crippen molar-refractivity contribution in [2.24, 2.45) is 5.92 Å². The molecule has 0 unspecified atom stereocenters. The Hall–Kier alpha value is -3.35. The lowest BCUT2D eigenvalue weighted by Crippen LogP contribution is -2.50. The Morgan fingerprint density at radius 1 is 0.964 bits per heavy atom. The summed E-state index contributed by atoms with van der Waals surface area (Å²) in [6.45, 7) is 4.52. The van der Waals surface area contributed by atoms with Crippen LogP contribution in [-0.2, 0) is 4.79 Å². The summed E-state index contributed by atoms with van der Waals surface area (Å²) in [7, 11) is 0. The monoisotopic (exact) mass is 380 g/mol. The first-order chi connectivity index (χ1) is 13.5. The molecule has 0 saturated heterocycles. The minimum absolute atomic E-state index is 0.264. The predicted molar refractivity (Wildman–Crippen MR) is 102 cm³/mol. The summed E-state index contributed by atoms with van der Waals surface area (Å²) < 4.78 is 11.0. The molecule has 7 heteroatoms. The van der Waals surface area contributed by atoms with Crippen LogP contribution in [0.3, 0.4) is 0 Å². The highest BCUT2D eigenvalue weighted by Crippen LogP contribution is 2.33. The van der Waals surface area contributed by atoms with Gasteiger partial charge in [-0.3, -0.25) is 19.3 Å². The van der Waals surface area contributed by atoms with Crippen molar-refractivity contribution in [1.29, 1.82) is 0 Å². The van der Waals surface area contributed by atoms with Crippen LogP contribution in [0.4, 0.5) is 5.69 Å². The molecular weight excluding hydrogens is 360 g/mol. The van der Waals surface area contributed by atoms with Crippen molar-refractivity contribution in [3.63, 3.8) is 0 Å². The zero-order valence-corrected chi connectivity index (χ0v) is 15.6. The number of benzene rings is 2. The summed E-state index contributed by atoms with van der Waals surface area (Å²) in [5, 5.41) is 2.80. The number of nitrogens with one attached hydrogen (secondary N) is 1. The average molecular weight is 380 g/mol. The minimum atomic E-state index is -0.930. The summed E-state index contributed by atoms with van der Waals surface area (Å²) in [4.78, 5) is 39.7. The summed E-state index contributed by atoms with van der Waals surface area (Å²) in [5.74, 6) is -0.426. The molecule has 1 atom stereocenters. The fraction of sp³-hybridized carbons (Fsp3) is 0.286. The third-order valence-electron chi connectivity index (χ3n) is 4.81. The highest BCUT2D eigenvalue weighted by Gasteiger charge is 2.43. The Morgan fingerprint density at radius 2 is 1.57 bits per heavy atom. The zero-order chi connectivity index (χ0) is 19.8. The van der Waals surface area contributed by atoms with Gasteiger partial charge in [-0.2, -0.15) is 0 Å². The smallest absolute Gasteiger partial charge is 0.262 e. The van der Waals surface area contributed by atoms with Crippen molar-refractivity contribution in [2.75, 3.05) is 18.5 Å². The molecule has 0 spiro atoms. The second-order valence-corrected chi connectivity index (χ2v) is 7.06. The van der Waals surface area contributed by atoms with Gasteiger partial charge < -0.3 is 14.8 Å². The predicted octanol–water partition coefficient (Wildman–Crippen LogP) is 2.72. The van der Waals surface area contributed by atoms with Gasteiger partial charge in [-0.25, -0.2) is 0 Å². The maximum absolute atomic E-state index is 13.0. The fourth-order valence-electron chi connectivity index (χ4n) is 3.52. The number of fused-ring (bicyclic) bond motifs is 2. The van der Waals surface area contributed by atoms with Crippen LogP contribution >= 0.6 is 0 Å². The number of nitrogens with zero attached hydrogens (tertiary/aromatic N) is 1. The van der Waals surface area contributed by atoms with Gasteiger partial charge in [0.25, 0.3) is 11.8 Å². The first-order valence-electron chi connectivity index (χ1n) is 9.15. The van der Waals surface area contributed by atoms with Crippen LogP contribution in [0, 0.1) is 5.92 Å². The summed E-state index contributed by atoms with van der Waals surface area (Å²) >= 11 is 0. The number of carbonyl (C=O) groups is 3. The normalized spacial score (nSPS) is 16.2. The van der Waals surface area contributed by atoms with Gasteiger partial charge in [0.15, 0.2) is 11.5 Å². The lowest BCUT2D eigenvalue weighted by Gasteiger charge is -2.28. The molecule has 28 heavy (non-hydrogen) atoms. The molecule has 144 valence electrons. The SMILES string of the molecule is CC(C)[C@H](C(=O)Nc1ccc2c(c1)OCCO2)N1C(=O)c2ccccc2C1=O. The molecule has 1 N–H and O–H groups in total. The molecule has 0 aliphatic carbocycles. The van der Waals surface area contributed by atoms with E-state index in [1.807, 2.05) is 0 Å². The van der Waals surface area contributed by atoms with Crippen LogP contribution in [0.2, 0.25) is 0 Å². The Bertz CT molecular complexity index is 934. The van der Waals surface area contributed by atoms with E-state index >= 15 is 0 Å². The van der Waals surface area contributed by atoms with Crippen LogP contribution < -0.4 is 14.8 Å². The summed E-state index contributed by atoms with van der Waals surface area (Å²) in [6, 6.07) is 10.8. The highest BCUT2D eigenvalue weighted by atomic mass is 16.6. The molecule has 0 aromatic heterocycles. The quantitative estimate of drug-likeness (QED) is 0.825. The number of amides is 3. The van der Waals surface area contributed by atoms with Crippen molar-refractivity contribution in [1.82, 2.24) is 4.90 Å². The maximum Gasteiger partial charge on any atom is 0.262 e. The van der Waals surface area contributed by atoms with Crippen molar-refractivity contribution in [3.8, 4) is 11.5 Å². The molecule has 2 aromatic carbocycles. The minimum Gasteiger partial charge on any atom is -0.486 e. The zero-order valence-electron chi connectivity index (χ0n) is 15.6. The molecular formula is C21H20N2O5. The molecule has 4 rings (SSSR count). The van der Waals surface area contributed by atoms with E-state index in [0.29, 0.717) is 41.5 Å². The molecule has 3 amide bonds. The van der Waals surface area contributed by atoms with Gasteiger partial charge in [0.1, 0.15) is 19.3 Å². The second kappa shape index (κ2) is 6.99. The van der Waals surface area contributed by atoms with E-state index in [0.717, 1.165) is 4.90 Å². The standard InChI is InChI=1S/C21H20N2O5/c1-12(2)18(23-20(25)14-5-3-4-6-15(14)21(23)26)19(24)22-13-7-8-16-17(11-13)28-10-9-27-16/h3-8,11-12,18H,9-10H2,1-2H3,(H,22,24)/t18-/m1/s1. The van der Waals surface area contributed by atoms with Gasteiger partial charge in [-0.05, 0) is 30.2 Å². The molecule has 2 aromatic rings. The number of imide groups is 1. The van der Waals surface area contributed by atoms with Crippen molar-refractivity contribution in [3.05, 3.63) is 53.6 Å². The summed E-state index contributed by atoms with van der Waals surface area (Å²) in [6.07, 6.45) is 0. The summed E-state index contributed by atoms with van der Waals surface area (Å²) in [5.41, 5.74) is 1.16. The topological polar surface area (TPSA) is 84.9 Å². The lowest BCUT2D eigenvalue weighted by molar-refractivity contribution is -0.121. The van der Waals surface area contributed by atoms with Crippen LogP contribution in [-0.4, -0.2) is 41.9 Å². The lowest BCUT2D eigenvalue weighted by atomic mass is 10.0. The van der Waals surface area contributed by atoms with E-state index in [1.165, 1.54) is 0 Å². The number of rotatable bonds is 4.